The van der Waals surface area contributed by atoms with Gasteiger partial charge in [-0.05, 0) is 44.7 Å². The molecule has 3 fully saturated rings. The SMILES string of the molecule is C=CCN(C(=O)C1N([C@@H](CC)CO)C(=O)[C@@H]2[C@H](C(=O)OCC)[C@H]3OC12CC3Br)c1c(C)cccc1C. The maximum Gasteiger partial charge on any atom is 0.312 e. The van der Waals surface area contributed by atoms with E-state index in [1.165, 1.54) is 4.90 Å². The Bertz CT molecular complexity index is 1040. The van der Waals surface area contributed by atoms with E-state index in [1.807, 2.05) is 39.0 Å². The minimum atomic E-state index is -1.21. The van der Waals surface area contributed by atoms with Crippen molar-refractivity contribution in [1.29, 1.82) is 0 Å². The number of hydrogen-bond donors (Lipinski definition) is 1. The van der Waals surface area contributed by atoms with E-state index >= 15 is 0 Å². The lowest BCUT2D eigenvalue weighted by Gasteiger charge is -2.39. The number of alkyl halides is 1. The molecule has 196 valence electrons. The van der Waals surface area contributed by atoms with Gasteiger partial charge >= 0.3 is 5.97 Å². The molecule has 1 spiro atoms. The number of benzene rings is 1. The zero-order chi connectivity index (χ0) is 26.4. The lowest BCUT2D eigenvalue weighted by atomic mass is 9.70. The number of esters is 1. The smallest absolute Gasteiger partial charge is 0.312 e. The summed E-state index contributed by atoms with van der Waals surface area (Å²) in [5.74, 6) is -2.81. The highest BCUT2D eigenvalue weighted by Gasteiger charge is 2.77. The number of rotatable bonds is 9. The molecule has 3 saturated heterocycles. The molecule has 3 unspecified atom stereocenters. The molecule has 0 radical (unpaired) electrons. The number of carbonyl (C=O) groups excluding carboxylic acids is 3. The summed E-state index contributed by atoms with van der Waals surface area (Å²) in [7, 11) is 0. The van der Waals surface area contributed by atoms with E-state index in [-0.39, 0.29) is 36.4 Å². The maximum atomic E-state index is 14.6. The molecule has 2 amide bonds. The number of ether oxygens (including phenoxy) is 2. The van der Waals surface area contributed by atoms with Crippen LogP contribution >= 0.6 is 15.9 Å². The van der Waals surface area contributed by atoms with Gasteiger partial charge in [-0.3, -0.25) is 14.4 Å². The molecule has 0 aliphatic carbocycles. The summed E-state index contributed by atoms with van der Waals surface area (Å²) in [5.41, 5.74) is 1.40. The summed E-state index contributed by atoms with van der Waals surface area (Å²) in [4.78, 5) is 44.6. The standard InChI is InChI=1S/C27H35BrN2O6/c1-6-12-29(21-15(4)10-9-11-16(21)5)25(33)23-27-13-18(28)22(36-27)19(26(34)35-8-3)20(27)24(32)30(23)17(7-2)14-31/h6,9-11,17-20,22-23,31H,1,7-8,12-14H2,2-5H3/t17-,18?,19-,20-,22-,23?,27?/m0/s1. The molecular weight excluding hydrogens is 528 g/mol. The summed E-state index contributed by atoms with van der Waals surface area (Å²) >= 11 is 3.66. The van der Waals surface area contributed by atoms with Crippen molar-refractivity contribution in [3.05, 3.63) is 42.0 Å². The number of aliphatic hydroxyl groups is 1. The number of nitrogens with zero attached hydrogens (tertiary/aromatic N) is 2. The summed E-state index contributed by atoms with van der Waals surface area (Å²) < 4.78 is 11.9. The van der Waals surface area contributed by atoms with Gasteiger partial charge in [0, 0.05) is 17.1 Å². The van der Waals surface area contributed by atoms with E-state index in [9.17, 15) is 19.5 Å². The van der Waals surface area contributed by atoms with Gasteiger partial charge in [-0.15, -0.1) is 6.58 Å². The van der Waals surface area contributed by atoms with Gasteiger partial charge in [0.25, 0.3) is 5.91 Å². The number of carbonyl (C=O) groups is 3. The van der Waals surface area contributed by atoms with Gasteiger partial charge in [-0.2, -0.15) is 0 Å². The lowest BCUT2D eigenvalue weighted by molar-refractivity contribution is -0.155. The number of amides is 2. The van der Waals surface area contributed by atoms with Gasteiger partial charge in [0.1, 0.15) is 11.6 Å². The zero-order valence-corrected chi connectivity index (χ0v) is 22.9. The van der Waals surface area contributed by atoms with E-state index in [0.717, 1.165) is 16.8 Å². The van der Waals surface area contributed by atoms with E-state index in [2.05, 4.69) is 22.5 Å². The topological polar surface area (TPSA) is 96.4 Å². The van der Waals surface area contributed by atoms with Crippen LogP contribution in [0.3, 0.4) is 0 Å². The first kappa shape index (κ1) is 26.8. The van der Waals surface area contributed by atoms with E-state index < -0.39 is 41.6 Å². The molecule has 2 bridgehead atoms. The highest BCUT2D eigenvalue weighted by molar-refractivity contribution is 9.09. The molecular formula is C27H35BrN2O6. The number of aryl methyl sites for hydroxylation is 2. The number of hydrogen-bond acceptors (Lipinski definition) is 6. The number of likely N-dealkylation sites (tertiary alicyclic amines) is 1. The summed E-state index contributed by atoms with van der Waals surface area (Å²) in [5, 5.41) is 10.2. The first-order valence-electron chi connectivity index (χ1n) is 12.6. The minimum Gasteiger partial charge on any atom is -0.466 e. The summed E-state index contributed by atoms with van der Waals surface area (Å²) in [6, 6.07) is 4.22. The summed E-state index contributed by atoms with van der Waals surface area (Å²) in [6.45, 7) is 11.4. The van der Waals surface area contributed by atoms with Gasteiger partial charge in [0.15, 0.2) is 0 Å². The van der Waals surface area contributed by atoms with Crippen LogP contribution in [0.25, 0.3) is 0 Å². The third kappa shape index (κ3) is 3.90. The normalized spacial score (nSPS) is 31.3. The Labute approximate surface area is 220 Å². The van der Waals surface area contributed by atoms with Crippen LogP contribution in [-0.2, 0) is 23.9 Å². The Balaban J connectivity index is 1.87. The number of para-hydroxylation sites is 1. The van der Waals surface area contributed by atoms with Crippen molar-refractivity contribution in [2.75, 3.05) is 24.7 Å². The first-order chi connectivity index (χ1) is 17.2. The molecule has 1 aromatic rings. The second kappa shape index (κ2) is 10.3. The van der Waals surface area contributed by atoms with Gasteiger partial charge in [-0.1, -0.05) is 47.1 Å². The summed E-state index contributed by atoms with van der Waals surface area (Å²) in [6.07, 6.45) is 1.93. The van der Waals surface area contributed by atoms with Crippen molar-refractivity contribution in [2.24, 2.45) is 11.8 Å². The number of fused-ring (bicyclic) bond motifs is 1. The van der Waals surface area contributed by atoms with Crippen molar-refractivity contribution in [3.8, 4) is 0 Å². The van der Waals surface area contributed by atoms with Gasteiger partial charge in [-0.25, -0.2) is 0 Å². The van der Waals surface area contributed by atoms with Crippen molar-refractivity contribution in [2.45, 2.75) is 69.2 Å². The number of halogens is 1. The number of anilines is 1. The lowest BCUT2D eigenvalue weighted by Crippen LogP contribution is -2.59. The number of aliphatic hydroxyl groups excluding tert-OH is 1. The predicted molar refractivity (Wildman–Crippen MR) is 139 cm³/mol. The quantitative estimate of drug-likeness (QED) is 0.282. The fourth-order valence-corrected chi connectivity index (χ4v) is 7.40. The van der Waals surface area contributed by atoms with E-state index in [1.54, 1.807) is 17.9 Å². The molecule has 3 aliphatic heterocycles. The molecule has 1 N–H and O–H groups in total. The van der Waals surface area contributed by atoms with Crippen molar-refractivity contribution in [1.82, 2.24) is 4.90 Å². The van der Waals surface area contributed by atoms with E-state index in [0.29, 0.717) is 12.8 Å². The molecule has 3 aliphatic rings. The van der Waals surface area contributed by atoms with Crippen LogP contribution in [0.5, 0.6) is 0 Å². The third-order valence-electron chi connectivity index (χ3n) is 7.88. The van der Waals surface area contributed by atoms with Crippen molar-refractivity contribution < 1.29 is 29.0 Å². The zero-order valence-electron chi connectivity index (χ0n) is 21.3. The fourth-order valence-electron chi connectivity index (χ4n) is 6.46. The average molecular weight is 563 g/mol. The minimum absolute atomic E-state index is 0.183. The van der Waals surface area contributed by atoms with E-state index in [4.69, 9.17) is 9.47 Å². The van der Waals surface area contributed by atoms with Gasteiger partial charge < -0.3 is 24.4 Å². The highest BCUT2D eigenvalue weighted by atomic mass is 79.9. The van der Waals surface area contributed by atoms with Crippen LogP contribution in [0.15, 0.2) is 30.9 Å². The predicted octanol–water partition coefficient (Wildman–Crippen LogP) is 2.90. The van der Waals surface area contributed by atoms with Crippen LogP contribution in [-0.4, -0.2) is 76.2 Å². The third-order valence-corrected chi connectivity index (χ3v) is 8.73. The van der Waals surface area contributed by atoms with Gasteiger partial charge in [0.05, 0.1) is 37.2 Å². The largest absolute Gasteiger partial charge is 0.466 e. The molecule has 36 heavy (non-hydrogen) atoms. The molecule has 4 rings (SSSR count). The molecule has 8 nitrogen and oxygen atoms in total. The fraction of sp³-hybridized carbons (Fsp3) is 0.593. The monoisotopic (exact) mass is 562 g/mol. The molecule has 0 saturated carbocycles. The molecule has 7 atom stereocenters. The Kier molecular flexibility index (Phi) is 7.65. The second-order valence-electron chi connectivity index (χ2n) is 9.88. The Morgan fingerprint density at radius 3 is 2.58 bits per heavy atom. The molecule has 1 aromatic carbocycles. The van der Waals surface area contributed by atoms with Crippen LogP contribution in [0.4, 0.5) is 5.69 Å². The molecule has 9 heteroatoms. The molecule has 3 heterocycles. The maximum absolute atomic E-state index is 14.6. The van der Waals surface area contributed by atoms with Crippen molar-refractivity contribution in [3.63, 3.8) is 0 Å². The van der Waals surface area contributed by atoms with Crippen LogP contribution < -0.4 is 4.90 Å². The van der Waals surface area contributed by atoms with Crippen LogP contribution in [0.1, 0.15) is 37.8 Å². The first-order valence-corrected chi connectivity index (χ1v) is 13.5. The highest BCUT2D eigenvalue weighted by Crippen LogP contribution is 2.61. The van der Waals surface area contributed by atoms with Crippen molar-refractivity contribution >= 4 is 39.4 Å². The Morgan fingerprint density at radius 1 is 1.36 bits per heavy atom. The second-order valence-corrected chi connectivity index (χ2v) is 11.1. The van der Waals surface area contributed by atoms with Gasteiger partial charge in [0.2, 0.25) is 5.91 Å². The van der Waals surface area contributed by atoms with Crippen LogP contribution in [0, 0.1) is 25.7 Å². The average Bonchev–Trinajstić information content (AvgIpc) is 3.43. The van der Waals surface area contributed by atoms with Crippen LogP contribution in [0.2, 0.25) is 0 Å². The Morgan fingerprint density at radius 2 is 2.03 bits per heavy atom. The Hall–Kier alpha value is -2.23. The molecule has 0 aromatic heterocycles.